The molecule has 0 radical (unpaired) electrons. The van der Waals surface area contributed by atoms with Crippen LogP contribution in [0.25, 0.3) is 0 Å². The summed E-state index contributed by atoms with van der Waals surface area (Å²) in [5.74, 6) is 0. The normalized spacial score (nSPS) is 31.8. The highest BCUT2D eigenvalue weighted by Crippen LogP contribution is 2.57. The van der Waals surface area contributed by atoms with Gasteiger partial charge in [0.2, 0.25) is 0 Å². The summed E-state index contributed by atoms with van der Waals surface area (Å²) in [5, 5.41) is 3.15. The second kappa shape index (κ2) is 5.00. The van der Waals surface area contributed by atoms with Crippen molar-refractivity contribution in [1.29, 1.82) is 0 Å². The minimum absolute atomic E-state index is 0.135. The summed E-state index contributed by atoms with van der Waals surface area (Å²) in [6.45, 7) is 4.28. The van der Waals surface area contributed by atoms with E-state index in [2.05, 4.69) is 5.32 Å². The molecule has 2 aliphatic carbocycles. The molecule has 3 unspecified atom stereocenters. The molecule has 3 atom stereocenters. The standard InChI is InChI=1S/C13H22F3NO/c1-3-18-11-7-10(12(11)5-4-6-12)17-9(2)8-13(14,15)16/h9-11,17H,3-8H2,1-2H3. The number of nitrogens with one attached hydrogen (secondary N) is 1. The van der Waals surface area contributed by atoms with Gasteiger partial charge in [0.1, 0.15) is 0 Å². The Hall–Kier alpha value is -0.290. The number of hydrogen-bond acceptors (Lipinski definition) is 2. The smallest absolute Gasteiger partial charge is 0.378 e. The average molecular weight is 265 g/mol. The van der Waals surface area contributed by atoms with Gasteiger partial charge in [0.25, 0.3) is 0 Å². The van der Waals surface area contributed by atoms with Gasteiger partial charge in [-0.1, -0.05) is 6.42 Å². The Morgan fingerprint density at radius 2 is 2.06 bits per heavy atom. The van der Waals surface area contributed by atoms with Gasteiger partial charge < -0.3 is 10.1 Å². The van der Waals surface area contributed by atoms with E-state index in [0.29, 0.717) is 6.61 Å². The lowest BCUT2D eigenvalue weighted by atomic mass is 9.51. The molecule has 106 valence electrons. The molecule has 2 fully saturated rings. The lowest BCUT2D eigenvalue weighted by Gasteiger charge is -2.61. The number of ether oxygens (including phenoxy) is 1. The first kappa shape index (κ1) is 14.1. The van der Waals surface area contributed by atoms with Gasteiger partial charge in [-0.25, -0.2) is 0 Å². The third kappa shape index (κ3) is 2.67. The number of rotatable bonds is 5. The van der Waals surface area contributed by atoms with Crippen LogP contribution < -0.4 is 5.32 Å². The maximum absolute atomic E-state index is 12.3. The predicted octanol–water partition coefficient (Wildman–Crippen LogP) is 3.26. The molecule has 0 aromatic rings. The second-order valence-corrected chi connectivity index (χ2v) is 5.71. The summed E-state index contributed by atoms with van der Waals surface area (Å²) < 4.78 is 42.6. The molecule has 18 heavy (non-hydrogen) atoms. The first-order chi connectivity index (χ1) is 8.37. The van der Waals surface area contributed by atoms with Crippen molar-refractivity contribution in [2.24, 2.45) is 5.41 Å². The van der Waals surface area contributed by atoms with E-state index in [9.17, 15) is 13.2 Å². The molecule has 2 saturated carbocycles. The first-order valence-corrected chi connectivity index (χ1v) is 6.82. The van der Waals surface area contributed by atoms with Gasteiger partial charge in [-0.15, -0.1) is 0 Å². The van der Waals surface area contributed by atoms with Gasteiger partial charge in [0.05, 0.1) is 12.5 Å². The zero-order chi connectivity index (χ0) is 13.4. The third-order valence-electron chi connectivity index (χ3n) is 4.46. The van der Waals surface area contributed by atoms with Crippen molar-refractivity contribution in [3.63, 3.8) is 0 Å². The van der Waals surface area contributed by atoms with Crippen LogP contribution in [-0.2, 0) is 4.74 Å². The first-order valence-electron chi connectivity index (χ1n) is 6.82. The van der Waals surface area contributed by atoms with Crippen molar-refractivity contribution in [2.75, 3.05) is 6.61 Å². The highest BCUT2D eigenvalue weighted by molar-refractivity contribution is 5.12. The minimum atomic E-state index is -4.08. The fraction of sp³-hybridized carbons (Fsp3) is 1.00. The molecule has 1 spiro atoms. The average Bonchev–Trinajstić information content (AvgIpc) is 2.10. The summed E-state index contributed by atoms with van der Waals surface area (Å²) in [6.07, 6.45) is -0.360. The van der Waals surface area contributed by atoms with Gasteiger partial charge in [0.15, 0.2) is 0 Å². The van der Waals surface area contributed by atoms with E-state index in [1.165, 1.54) is 6.42 Å². The highest BCUT2D eigenvalue weighted by Gasteiger charge is 2.59. The van der Waals surface area contributed by atoms with Crippen molar-refractivity contribution in [3.8, 4) is 0 Å². The molecule has 0 saturated heterocycles. The van der Waals surface area contributed by atoms with Crippen molar-refractivity contribution >= 4 is 0 Å². The Morgan fingerprint density at radius 3 is 2.50 bits per heavy atom. The van der Waals surface area contributed by atoms with Crippen LogP contribution in [-0.4, -0.2) is 31.0 Å². The molecule has 5 heteroatoms. The molecule has 0 bridgehead atoms. The Bertz CT molecular complexity index is 288. The van der Waals surface area contributed by atoms with Crippen LogP contribution >= 0.6 is 0 Å². The van der Waals surface area contributed by atoms with Crippen LogP contribution in [0.2, 0.25) is 0 Å². The quantitative estimate of drug-likeness (QED) is 0.823. The molecule has 0 amide bonds. The van der Waals surface area contributed by atoms with Crippen LogP contribution in [0.15, 0.2) is 0 Å². The van der Waals surface area contributed by atoms with E-state index in [1.54, 1.807) is 6.92 Å². The number of hydrogen-bond donors (Lipinski definition) is 1. The van der Waals surface area contributed by atoms with Crippen LogP contribution in [0.1, 0.15) is 46.0 Å². The van der Waals surface area contributed by atoms with Crippen LogP contribution in [0.3, 0.4) is 0 Å². The molecular formula is C13H22F3NO. The van der Waals surface area contributed by atoms with E-state index in [0.717, 1.165) is 19.3 Å². The lowest BCUT2D eigenvalue weighted by molar-refractivity contribution is -0.179. The Balaban J connectivity index is 1.84. The molecular weight excluding hydrogens is 243 g/mol. The van der Waals surface area contributed by atoms with Crippen LogP contribution in [0.4, 0.5) is 13.2 Å². The van der Waals surface area contributed by atoms with Gasteiger partial charge in [-0.3, -0.25) is 0 Å². The third-order valence-corrected chi connectivity index (χ3v) is 4.46. The van der Waals surface area contributed by atoms with Gasteiger partial charge in [-0.05, 0) is 33.1 Å². The molecule has 1 N–H and O–H groups in total. The van der Waals surface area contributed by atoms with Crippen LogP contribution in [0.5, 0.6) is 0 Å². The van der Waals surface area contributed by atoms with E-state index in [-0.39, 0.29) is 17.6 Å². The van der Waals surface area contributed by atoms with Gasteiger partial charge in [0, 0.05) is 24.1 Å². The fourth-order valence-electron chi connectivity index (χ4n) is 3.42. The van der Waals surface area contributed by atoms with Crippen LogP contribution in [0, 0.1) is 5.41 Å². The summed E-state index contributed by atoms with van der Waals surface area (Å²) in [6, 6.07) is -0.296. The fourth-order valence-corrected chi connectivity index (χ4v) is 3.42. The molecule has 0 aromatic carbocycles. The SMILES string of the molecule is CCOC1CC(NC(C)CC(F)(F)F)C12CCC2. The number of halogens is 3. The zero-order valence-electron chi connectivity index (χ0n) is 11.0. The topological polar surface area (TPSA) is 21.3 Å². The Labute approximate surface area is 106 Å². The molecule has 2 rings (SSSR count). The van der Waals surface area contributed by atoms with E-state index >= 15 is 0 Å². The summed E-state index contributed by atoms with van der Waals surface area (Å²) in [5.41, 5.74) is 0.135. The van der Waals surface area contributed by atoms with Gasteiger partial charge in [-0.2, -0.15) is 13.2 Å². The molecule has 2 nitrogen and oxygen atoms in total. The molecule has 0 aromatic heterocycles. The van der Waals surface area contributed by atoms with Crippen molar-refractivity contribution in [2.45, 2.75) is 70.3 Å². The summed E-state index contributed by atoms with van der Waals surface area (Å²) >= 11 is 0. The van der Waals surface area contributed by atoms with Crippen molar-refractivity contribution in [1.82, 2.24) is 5.32 Å². The van der Waals surface area contributed by atoms with Crippen molar-refractivity contribution < 1.29 is 17.9 Å². The lowest BCUT2D eigenvalue weighted by Crippen LogP contribution is -2.68. The van der Waals surface area contributed by atoms with Crippen molar-refractivity contribution in [3.05, 3.63) is 0 Å². The second-order valence-electron chi connectivity index (χ2n) is 5.71. The Kier molecular flexibility index (Phi) is 3.93. The minimum Gasteiger partial charge on any atom is -0.378 e. The van der Waals surface area contributed by atoms with E-state index < -0.39 is 18.6 Å². The monoisotopic (exact) mass is 265 g/mol. The number of alkyl halides is 3. The summed E-state index contributed by atoms with van der Waals surface area (Å²) in [7, 11) is 0. The highest BCUT2D eigenvalue weighted by atomic mass is 19.4. The largest absolute Gasteiger partial charge is 0.390 e. The van der Waals surface area contributed by atoms with Gasteiger partial charge >= 0.3 is 6.18 Å². The molecule has 0 aliphatic heterocycles. The van der Waals surface area contributed by atoms with E-state index in [4.69, 9.17) is 4.74 Å². The summed E-state index contributed by atoms with van der Waals surface area (Å²) in [4.78, 5) is 0. The molecule has 0 heterocycles. The predicted molar refractivity (Wildman–Crippen MR) is 63.4 cm³/mol. The molecule has 2 aliphatic rings. The zero-order valence-corrected chi connectivity index (χ0v) is 11.0. The Morgan fingerprint density at radius 1 is 1.39 bits per heavy atom. The van der Waals surface area contributed by atoms with E-state index in [1.807, 2.05) is 6.92 Å². The maximum Gasteiger partial charge on any atom is 0.390 e. The maximum atomic E-state index is 12.3.